The van der Waals surface area contributed by atoms with Crippen LogP contribution >= 0.6 is 0 Å². The fourth-order valence-electron chi connectivity index (χ4n) is 2.09. The zero-order valence-electron chi connectivity index (χ0n) is 10.7. The van der Waals surface area contributed by atoms with Gasteiger partial charge in [0.05, 0.1) is 0 Å². The van der Waals surface area contributed by atoms with E-state index in [1.54, 1.807) is 0 Å². The highest BCUT2D eigenvalue weighted by Crippen LogP contribution is 2.21. The van der Waals surface area contributed by atoms with Crippen molar-refractivity contribution in [2.75, 3.05) is 18.0 Å². The molecule has 0 amide bonds. The van der Waals surface area contributed by atoms with Crippen molar-refractivity contribution in [3.05, 3.63) is 42.5 Å². The summed E-state index contributed by atoms with van der Waals surface area (Å²) in [5, 5.41) is 2.47. The van der Waals surface area contributed by atoms with Gasteiger partial charge in [0.15, 0.2) is 0 Å². The van der Waals surface area contributed by atoms with Crippen LogP contribution in [0.1, 0.15) is 26.7 Å². The van der Waals surface area contributed by atoms with Crippen molar-refractivity contribution in [2.24, 2.45) is 0 Å². The van der Waals surface area contributed by atoms with Crippen LogP contribution in [0, 0.1) is 6.07 Å². The number of fused-ring (bicyclic) bond motifs is 1. The van der Waals surface area contributed by atoms with Gasteiger partial charge in [-0.3, -0.25) is 0 Å². The predicted molar refractivity (Wildman–Crippen MR) is 75.6 cm³/mol. The first-order valence-corrected chi connectivity index (χ1v) is 6.51. The van der Waals surface area contributed by atoms with Crippen molar-refractivity contribution < 1.29 is 0 Å². The number of nitrogens with zero attached hydrogens (tertiary/aromatic N) is 1. The van der Waals surface area contributed by atoms with E-state index in [2.05, 4.69) is 61.2 Å². The molecule has 0 aliphatic carbocycles. The van der Waals surface area contributed by atoms with Gasteiger partial charge in [-0.1, -0.05) is 43.7 Å². The zero-order valence-corrected chi connectivity index (χ0v) is 10.7. The predicted octanol–water partition coefficient (Wildman–Crippen LogP) is 4.27. The zero-order chi connectivity index (χ0) is 12.1. The van der Waals surface area contributed by atoms with Gasteiger partial charge in [0, 0.05) is 24.8 Å². The second kappa shape index (κ2) is 5.72. The van der Waals surface area contributed by atoms with Crippen molar-refractivity contribution in [3.63, 3.8) is 0 Å². The number of benzene rings is 2. The molecule has 0 N–H and O–H groups in total. The summed E-state index contributed by atoms with van der Waals surface area (Å²) in [5.74, 6) is 0. The molecule has 0 aliphatic rings. The van der Waals surface area contributed by atoms with E-state index in [-0.39, 0.29) is 0 Å². The molecule has 0 aliphatic heterocycles. The highest BCUT2D eigenvalue weighted by Gasteiger charge is 2.04. The minimum absolute atomic E-state index is 1.05. The molecule has 0 saturated heterocycles. The first kappa shape index (κ1) is 12.0. The Morgan fingerprint density at radius 3 is 2.65 bits per heavy atom. The fraction of sp³-hybridized carbons (Fsp3) is 0.375. The van der Waals surface area contributed by atoms with E-state index < -0.39 is 0 Å². The lowest BCUT2D eigenvalue weighted by atomic mass is 10.1. The molecule has 1 nitrogen and oxygen atoms in total. The first-order chi connectivity index (χ1) is 8.35. The summed E-state index contributed by atoms with van der Waals surface area (Å²) in [6, 6.07) is 16.3. The van der Waals surface area contributed by atoms with E-state index in [0.29, 0.717) is 0 Å². The van der Waals surface area contributed by atoms with Gasteiger partial charge in [0.1, 0.15) is 0 Å². The number of anilines is 1. The van der Waals surface area contributed by atoms with Gasteiger partial charge in [-0.05, 0) is 30.2 Å². The molecule has 89 valence electrons. The highest BCUT2D eigenvalue weighted by molar-refractivity contribution is 5.85. The van der Waals surface area contributed by atoms with Crippen molar-refractivity contribution in [2.45, 2.75) is 26.7 Å². The average molecular weight is 226 g/mol. The van der Waals surface area contributed by atoms with Gasteiger partial charge in [-0.25, -0.2) is 0 Å². The van der Waals surface area contributed by atoms with Crippen molar-refractivity contribution in [1.29, 1.82) is 0 Å². The van der Waals surface area contributed by atoms with E-state index in [1.165, 1.54) is 29.3 Å². The second-order valence-corrected chi connectivity index (χ2v) is 4.36. The van der Waals surface area contributed by atoms with Crippen LogP contribution in [-0.2, 0) is 0 Å². The van der Waals surface area contributed by atoms with E-state index in [9.17, 15) is 0 Å². The summed E-state index contributed by atoms with van der Waals surface area (Å²) >= 11 is 0. The quantitative estimate of drug-likeness (QED) is 0.736. The molecule has 0 unspecified atom stereocenters. The Labute approximate surface area is 104 Å². The third kappa shape index (κ3) is 2.79. The number of hydrogen-bond donors (Lipinski definition) is 0. The second-order valence-electron chi connectivity index (χ2n) is 4.36. The highest BCUT2D eigenvalue weighted by atomic mass is 15.1. The minimum atomic E-state index is 1.05. The Balaban J connectivity index is 2.27. The molecule has 0 atom stereocenters. The maximum absolute atomic E-state index is 3.51. The molecule has 2 rings (SSSR count). The smallest absolute Gasteiger partial charge is 0.0453 e. The van der Waals surface area contributed by atoms with Crippen LogP contribution in [0.15, 0.2) is 36.4 Å². The van der Waals surface area contributed by atoms with Crippen LogP contribution in [0.25, 0.3) is 10.8 Å². The average Bonchev–Trinajstić information content (AvgIpc) is 2.39. The van der Waals surface area contributed by atoms with Crippen LogP contribution in [0.4, 0.5) is 5.69 Å². The van der Waals surface area contributed by atoms with Gasteiger partial charge in [-0.2, -0.15) is 0 Å². The van der Waals surface area contributed by atoms with Gasteiger partial charge in [0.25, 0.3) is 0 Å². The topological polar surface area (TPSA) is 3.24 Å². The van der Waals surface area contributed by atoms with Gasteiger partial charge in [0.2, 0.25) is 0 Å². The Morgan fingerprint density at radius 1 is 1.06 bits per heavy atom. The summed E-state index contributed by atoms with van der Waals surface area (Å²) in [5.41, 5.74) is 1.22. The molecule has 0 saturated carbocycles. The third-order valence-electron chi connectivity index (χ3n) is 3.15. The molecule has 0 heterocycles. The SMILES string of the molecule is CCCCN(CC)c1[c]c2ccccc2cc1. The maximum Gasteiger partial charge on any atom is 0.0453 e. The lowest BCUT2D eigenvalue weighted by molar-refractivity contribution is 0.732. The Hall–Kier alpha value is -1.50. The number of hydrogen-bond acceptors (Lipinski definition) is 1. The van der Waals surface area contributed by atoms with E-state index in [1.807, 2.05) is 0 Å². The van der Waals surface area contributed by atoms with Gasteiger partial charge in [-0.15, -0.1) is 0 Å². The number of unbranched alkanes of at least 4 members (excludes halogenated alkanes) is 1. The van der Waals surface area contributed by atoms with E-state index >= 15 is 0 Å². The molecule has 2 aromatic carbocycles. The van der Waals surface area contributed by atoms with E-state index in [0.717, 1.165) is 13.1 Å². The van der Waals surface area contributed by atoms with Crippen LogP contribution < -0.4 is 4.90 Å². The van der Waals surface area contributed by atoms with Crippen molar-refractivity contribution in [1.82, 2.24) is 0 Å². The Bertz CT molecular complexity index is 476. The normalized spacial score (nSPS) is 10.7. The minimum Gasteiger partial charge on any atom is -0.371 e. The van der Waals surface area contributed by atoms with Crippen molar-refractivity contribution >= 4 is 16.5 Å². The number of rotatable bonds is 5. The van der Waals surface area contributed by atoms with Crippen LogP contribution in [0.5, 0.6) is 0 Å². The van der Waals surface area contributed by atoms with Gasteiger partial charge < -0.3 is 4.90 Å². The molecule has 1 heteroatoms. The van der Waals surface area contributed by atoms with Crippen LogP contribution in [0.2, 0.25) is 0 Å². The maximum atomic E-state index is 3.51. The molecule has 0 bridgehead atoms. The molecule has 0 spiro atoms. The summed E-state index contributed by atoms with van der Waals surface area (Å²) < 4.78 is 0. The van der Waals surface area contributed by atoms with Crippen LogP contribution in [-0.4, -0.2) is 13.1 Å². The molecule has 17 heavy (non-hydrogen) atoms. The molecule has 1 radical (unpaired) electrons. The first-order valence-electron chi connectivity index (χ1n) is 6.51. The van der Waals surface area contributed by atoms with Crippen molar-refractivity contribution in [3.8, 4) is 0 Å². The Morgan fingerprint density at radius 2 is 1.88 bits per heavy atom. The lowest BCUT2D eigenvalue weighted by Crippen LogP contribution is -2.23. The van der Waals surface area contributed by atoms with E-state index in [4.69, 9.17) is 0 Å². The lowest BCUT2D eigenvalue weighted by Gasteiger charge is -2.22. The molecule has 0 fully saturated rings. The molecular weight excluding hydrogens is 206 g/mol. The summed E-state index contributed by atoms with van der Waals surface area (Å²) in [4.78, 5) is 2.40. The monoisotopic (exact) mass is 226 g/mol. The molecular formula is C16H20N. The largest absolute Gasteiger partial charge is 0.371 e. The molecule has 2 aromatic rings. The van der Waals surface area contributed by atoms with Gasteiger partial charge >= 0.3 is 0 Å². The van der Waals surface area contributed by atoms with Crippen LogP contribution in [0.3, 0.4) is 0 Å². The summed E-state index contributed by atoms with van der Waals surface area (Å²) in [7, 11) is 0. The summed E-state index contributed by atoms with van der Waals surface area (Å²) in [6.07, 6.45) is 2.48. The Kier molecular flexibility index (Phi) is 4.03. The molecule has 0 aromatic heterocycles. The fourth-order valence-corrected chi connectivity index (χ4v) is 2.09. The standard InChI is InChI=1S/C16H20N/c1-3-5-12-17(4-2)16-11-10-14-8-6-7-9-15(14)13-16/h6-11H,3-5,12H2,1-2H3. The third-order valence-corrected chi connectivity index (χ3v) is 3.15. The summed E-state index contributed by atoms with van der Waals surface area (Å²) in [6.45, 7) is 6.62.